The summed E-state index contributed by atoms with van der Waals surface area (Å²) < 4.78 is 27.3. The van der Waals surface area contributed by atoms with E-state index in [9.17, 15) is 23.5 Å². The molecule has 0 aliphatic rings. The Kier molecular flexibility index (Phi) is 8.75. The maximum atomic E-state index is 13.6. The minimum Gasteiger partial charge on any atom is -0.401 e. The molecule has 0 heterocycles. The summed E-state index contributed by atoms with van der Waals surface area (Å²) in [7, 11) is 0. The maximum Gasteiger partial charge on any atom is 0.254 e. The lowest BCUT2D eigenvalue weighted by Gasteiger charge is -2.26. The van der Waals surface area contributed by atoms with Crippen LogP contribution in [0.15, 0.2) is 54.2 Å². The topological polar surface area (TPSA) is 128 Å². The zero-order valence-corrected chi connectivity index (χ0v) is 21.4. The highest BCUT2D eigenvalue weighted by atomic mass is 19.1. The molecule has 2 aromatic rings. The minimum absolute atomic E-state index is 0.0800. The van der Waals surface area contributed by atoms with Gasteiger partial charge in [0, 0.05) is 17.2 Å². The number of rotatable bonds is 7. The average molecular weight is 501 g/mol. The summed E-state index contributed by atoms with van der Waals surface area (Å²) in [6, 6.07) is 8.95. The number of hydrogen-bond donors (Lipinski definition) is 5. The molecular formula is C27H34F2N4O3. The van der Waals surface area contributed by atoms with E-state index in [-0.39, 0.29) is 22.5 Å². The number of nitrogens with two attached hydrogens (primary N) is 1. The lowest BCUT2D eigenvalue weighted by atomic mass is 9.81. The van der Waals surface area contributed by atoms with Gasteiger partial charge in [0.05, 0.1) is 0 Å². The summed E-state index contributed by atoms with van der Waals surface area (Å²) in [6.07, 6.45) is -0.308. The molecule has 0 spiro atoms. The predicted octanol–water partition coefficient (Wildman–Crippen LogP) is 3.71. The van der Waals surface area contributed by atoms with E-state index in [2.05, 4.69) is 10.6 Å². The fourth-order valence-electron chi connectivity index (χ4n) is 3.37. The number of halogens is 2. The summed E-state index contributed by atoms with van der Waals surface area (Å²) in [5, 5.41) is 23.2. The van der Waals surface area contributed by atoms with E-state index in [4.69, 9.17) is 11.1 Å². The Bertz CT molecular complexity index is 1150. The first kappa shape index (κ1) is 28.6. The summed E-state index contributed by atoms with van der Waals surface area (Å²) in [5.41, 5.74) is 6.74. The number of nitrogens with one attached hydrogen (secondary N) is 3. The molecule has 6 N–H and O–H groups in total. The smallest absolute Gasteiger partial charge is 0.254 e. The number of benzene rings is 2. The Morgan fingerprint density at radius 3 is 2.00 bits per heavy atom. The number of allylic oxidation sites excluding steroid dienone is 1. The highest BCUT2D eigenvalue weighted by Crippen LogP contribution is 2.29. The third-order valence-electron chi connectivity index (χ3n) is 5.96. The molecule has 2 aromatic carbocycles. The monoisotopic (exact) mass is 500 g/mol. The van der Waals surface area contributed by atoms with Crippen LogP contribution < -0.4 is 16.4 Å². The van der Waals surface area contributed by atoms with Crippen molar-refractivity contribution >= 4 is 17.6 Å². The summed E-state index contributed by atoms with van der Waals surface area (Å²) in [5.74, 6) is -3.36. The van der Waals surface area contributed by atoms with Gasteiger partial charge in [-0.15, -0.1) is 0 Å². The molecule has 2 atom stereocenters. The predicted molar refractivity (Wildman–Crippen MR) is 135 cm³/mol. The van der Waals surface area contributed by atoms with Crippen molar-refractivity contribution < 1.29 is 23.5 Å². The third kappa shape index (κ3) is 7.21. The van der Waals surface area contributed by atoms with Gasteiger partial charge in [0.1, 0.15) is 23.5 Å². The quantitative estimate of drug-likeness (QED) is 0.293. The second kappa shape index (κ2) is 11.0. The van der Waals surface area contributed by atoms with E-state index in [0.717, 1.165) is 23.8 Å². The Morgan fingerprint density at radius 2 is 1.50 bits per heavy atom. The summed E-state index contributed by atoms with van der Waals surface area (Å²) in [4.78, 5) is 24.9. The fraction of sp³-hybridized carbons (Fsp3) is 0.370. The van der Waals surface area contributed by atoms with Crippen LogP contribution >= 0.6 is 0 Å². The Morgan fingerprint density at radius 1 is 0.972 bits per heavy atom. The van der Waals surface area contributed by atoms with Crippen LogP contribution in [0.2, 0.25) is 0 Å². The number of amides is 2. The van der Waals surface area contributed by atoms with Crippen molar-refractivity contribution in [1.29, 1.82) is 5.41 Å². The van der Waals surface area contributed by atoms with Gasteiger partial charge in [-0.05, 0) is 47.2 Å². The van der Waals surface area contributed by atoms with Gasteiger partial charge in [-0.2, -0.15) is 0 Å². The first-order valence-electron chi connectivity index (χ1n) is 11.4. The molecule has 36 heavy (non-hydrogen) atoms. The number of hydrogen-bond acceptors (Lipinski definition) is 5. The van der Waals surface area contributed by atoms with Crippen LogP contribution in [-0.2, 0) is 20.4 Å². The third-order valence-corrected chi connectivity index (χ3v) is 5.96. The fourth-order valence-corrected chi connectivity index (χ4v) is 3.37. The van der Waals surface area contributed by atoms with E-state index in [1.54, 1.807) is 26.0 Å². The molecule has 0 saturated heterocycles. The Balaban J connectivity index is 2.01. The number of aliphatic hydroxyl groups is 1. The van der Waals surface area contributed by atoms with Crippen LogP contribution in [0, 0.1) is 17.0 Å². The molecule has 0 aliphatic heterocycles. The van der Waals surface area contributed by atoms with Gasteiger partial charge in [-0.3, -0.25) is 15.0 Å². The van der Waals surface area contributed by atoms with Crippen molar-refractivity contribution in [2.75, 3.05) is 0 Å². The molecule has 9 heteroatoms. The Labute approximate surface area is 210 Å². The van der Waals surface area contributed by atoms with Gasteiger partial charge < -0.3 is 21.5 Å². The zero-order valence-electron chi connectivity index (χ0n) is 21.4. The van der Waals surface area contributed by atoms with Crippen molar-refractivity contribution in [3.05, 3.63) is 82.6 Å². The van der Waals surface area contributed by atoms with E-state index in [1.165, 1.54) is 13.0 Å². The van der Waals surface area contributed by atoms with Crippen molar-refractivity contribution in [2.45, 2.75) is 64.5 Å². The molecular weight excluding hydrogens is 466 g/mol. The standard InChI is InChI=1S/C27H34F2N4O3/c1-15(32-25(36)23(34)16-7-9-17(10-8-16)26(2,3)4)24(35)33-22(31)14-21(30)27(5,6)18-11-19(28)13-20(29)12-18/h7-15,23,34H,30H2,1-6H3,(H,32,36)(H2,31,33,35)/t15-,23-/m0/s1. The van der Waals surface area contributed by atoms with E-state index in [1.807, 2.05) is 32.9 Å². The molecule has 0 aliphatic carbocycles. The number of amidine groups is 1. The molecule has 0 unspecified atom stereocenters. The van der Waals surface area contributed by atoms with Crippen LogP contribution in [0.4, 0.5) is 8.78 Å². The first-order valence-corrected chi connectivity index (χ1v) is 11.4. The number of aliphatic hydroxyl groups excluding tert-OH is 1. The normalized spacial score (nSPS) is 14.1. The Hall–Kier alpha value is -3.59. The highest BCUT2D eigenvalue weighted by molar-refractivity contribution is 6.05. The van der Waals surface area contributed by atoms with Crippen LogP contribution in [0.25, 0.3) is 0 Å². The van der Waals surface area contributed by atoms with E-state index >= 15 is 0 Å². The lowest BCUT2D eigenvalue weighted by molar-refractivity contribution is -0.133. The first-order chi connectivity index (χ1) is 16.5. The molecule has 0 radical (unpaired) electrons. The van der Waals surface area contributed by atoms with Gasteiger partial charge in [-0.25, -0.2) is 8.78 Å². The van der Waals surface area contributed by atoms with Gasteiger partial charge in [0.15, 0.2) is 6.10 Å². The van der Waals surface area contributed by atoms with Crippen molar-refractivity contribution in [3.63, 3.8) is 0 Å². The van der Waals surface area contributed by atoms with Crippen molar-refractivity contribution in [3.8, 4) is 0 Å². The lowest BCUT2D eigenvalue weighted by Crippen LogP contribution is -2.47. The molecule has 194 valence electrons. The van der Waals surface area contributed by atoms with Gasteiger partial charge in [-0.1, -0.05) is 58.9 Å². The second-order valence-corrected chi connectivity index (χ2v) is 10.3. The van der Waals surface area contributed by atoms with Gasteiger partial charge in [0.25, 0.3) is 5.91 Å². The number of carbonyl (C=O) groups excluding carboxylic acids is 2. The van der Waals surface area contributed by atoms with Crippen LogP contribution in [0.3, 0.4) is 0 Å². The van der Waals surface area contributed by atoms with E-state index in [0.29, 0.717) is 5.56 Å². The molecule has 0 aromatic heterocycles. The molecule has 0 saturated carbocycles. The van der Waals surface area contributed by atoms with Gasteiger partial charge >= 0.3 is 0 Å². The zero-order chi connectivity index (χ0) is 27.4. The number of carbonyl (C=O) groups is 2. The average Bonchev–Trinajstić information content (AvgIpc) is 2.77. The summed E-state index contributed by atoms with van der Waals surface area (Å²) in [6.45, 7) is 10.8. The molecule has 0 bridgehead atoms. The molecule has 0 fully saturated rings. The van der Waals surface area contributed by atoms with Gasteiger partial charge in [0.2, 0.25) is 5.91 Å². The summed E-state index contributed by atoms with van der Waals surface area (Å²) >= 11 is 0. The minimum atomic E-state index is -1.48. The highest BCUT2D eigenvalue weighted by Gasteiger charge is 2.27. The maximum absolute atomic E-state index is 13.6. The second-order valence-electron chi connectivity index (χ2n) is 10.3. The SMILES string of the molecule is C[C@H](NC(=O)[C@@H](O)c1ccc(C(C)(C)C)cc1)C(=O)NC(=N)C=C(N)C(C)(C)c1cc(F)cc(F)c1. The van der Waals surface area contributed by atoms with Crippen LogP contribution in [-0.4, -0.2) is 28.8 Å². The largest absolute Gasteiger partial charge is 0.401 e. The van der Waals surface area contributed by atoms with Crippen LogP contribution in [0.5, 0.6) is 0 Å². The van der Waals surface area contributed by atoms with E-state index < -0.39 is 41.0 Å². The molecule has 2 rings (SSSR count). The molecule has 2 amide bonds. The van der Waals surface area contributed by atoms with Crippen LogP contribution in [0.1, 0.15) is 64.3 Å². The van der Waals surface area contributed by atoms with Crippen molar-refractivity contribution in [1.82, 2.24) is 10.6 Å². The molecule has 7 nitrogen and oxygen atoms in total. The van der Waals surface area contributed by atoms with Crippen molar-refractivity contribution in [2.24, 2.45) is 5.73 Å².